The van der Waals surface area contributed by atoms with Gasteiger partial charge >= 0.3 is 0 Å². The maximum atomic E-state index is 12.6. The molecule has 5 rings (SSSR count). The van der Waals surface area contributed by atoms with Crippen LogP contribution >= 0.6 is 0 Å². The minimum atomic E-state index is -0.183. The van der Waals surface area contributed by atoms with Crippen molar-refractivity contribution in [1.82, 2.24) is 25.2 Å². The molecule has 4 heterocycles. The van der Waals surface area contributed by atoms with E-state index in [1.54, 1.807) is 12.4 Å². The van der Waals surface area contributed by atoms with Gasteiger partial charge in [-0.3, -0.25) is 9.69 Å². The van der Waals surface area contributed by atoms with Crippen LogP contribution in [0.15, 0.2) is 53.4 Å². The fourth-order valence-electron chi connectivity index (χ4n) is 4.56. The molecule has 2 aliphatic rings. The first kappa shape index (κ1) is 20.6. The number of carbonyl (C=O) groups is 1. The summed E-state index contributed by atoms with van der Waals surface area (Å²) in [6.07, 6.45) is 8.15. The Morgan fingerprint density at radius 2 is 1.97 bits per heavy atom. The summed E-state index contributed by atoms with van der Waals surface area (Å²) in [6.45, 7) is 4.84. The molecule has 8 heteroatoms. The highest BCUT2D eigenvalue weighted by Gasteiger charge is 2.23. The standard InChI is InChI=1S/C24H28N6O2/c31-23(27-13-18-5-3-11-30(14-18)24-25-9-4-10-26-24)21-17-32-22(28-21)16-29-12-8-19-6-1-2-7-20(19)15-29/h1-2,4,6-7,9-10,17-18H,3,5,8,11-16H2,(H,27,31). The predicted octanol–water partition coefficient (Wildman–Crippen LogP) is 2.67. The molecule has 1 amide bonds. The van der Waals surface area contributed by atoms with E-state index in [1.165, 1.54) is 17.4 Å². The molecule has 0 spiro atoms. The number of hydrogen-bond donors (Lipinski definition) is 1. The van der Waals surface area contributed by atoms with Crippen LogP contribution in [0.2, 0.25) is 0 Å². The molecule has 0 radical (unpaired) electrons. The molecule has 1 N–H and O–H groups in total. The summed E-state index contributed by atoms with van der Waals surface area (Å²) in [7, 11) is 0. The molecule has 0 saturated carbocycles. The molecule has 8 nitrogen and oxygen atoms in total. The van der Waals surface area contributed by atoms with E-state index in [-0.39, 0.29) is 5.91 Å². The van der Waals surface area contributed by atoms with Crippen molar-refractivity contribution in [1.29, 1.82) is 0 Å². The van der Waals surface area contributed by atoms with Crippen LogP contribution in [0.25, 0.3) is 0 Å². The second kappa shape index (κ2) is 9.48. The lowest BCUT2D eigenvalue weighted by atomic mass is 9.98. The fourth-order valence-corrected chi connectivity index (χ4v) is 4.56. The lowest BCUT2D eigenvalue weighted by Gasteiger charge is -2.32. The summed E-state index contributed by atoms with van der Waals surface area (Å²) >= 11 is 0. The van der Waals surface area contributed by atoms with E-state index in [9.17, 15) is 4.79 Å². The van der Waals surface area contributed by atoms with Crippen LogP contribution in [-0.4, -0.2) is 51.9 Å². The summed E-state index contributed by atoms with van der Waals surface area (Å²) in [4.78, 5) is 30.2. The van der Waals surface area contributed by atoms with E-state index >= 15 is 0 Å². The zero-order valence-electron chi connectivity index (χ0n) is 18.1. The maximum absolute atomic E-state index is 12.6. The van der Waals surface area contributed by atoms with Crippen LogP contribution in [0.4, 0.5) is 5.95 Å². The third kappa shape index (κ3) is 4.80. The molecule has 2 aromatic heterocycles. The molecule has 1 fully saturated rings. The van der Waals surface area contributed by atoms with Gasteiger partial charge in [0.15, 0.2) is 5.69 Å². The number of aromatic nitrogens is 3. The molecule has 1 aromatic carbocycles. The van der Waals surface area contributed by atoms with Crippen molar-refractivity contribution in [2.45, 2.75) is 32.4 Å². The van der Waals surface area contributed by atoms with Crippen LogP contribution in [0, 0.1) is 5.92 Å². The van der Waals surface area contributed by atoms with Gasteiger partial charge in [0.1, 0.15) is 6.26 Å². The highest BCUT2D eigenvalue weighted by Crippen LogP contribution is 2.21. The number of carbonyl (C=O) groups excluding carboxylic acids is 1. The van der Waals surface area contributed by atoms with Gasteiger partial charge in [0.25, 0.3) is 5.91 Å². The number of piperidine rings is 1. The van der Waals surface area contributed by atoms with E-state index in [1.807, 2.05) is 6.07 Å². The number of rotatable bonds is 6. The average Bonchev–Trinajstić information content (AvgIpc) is 3.32. The number of nitrogens with one attached hydrogen (secondary N) is 1. The van der Waals surface area contributed by atoms with Crippen molar-refractivity contribution in [3.8, 4) is 0 Å². The number of benzene rings is 1. The van der Waals surface area contributed by atoms with Gasteiger partial charge in [0.05, 0.1) is 6.54 Å². The minimum absolute atomic E-state index is 0.183. The Kier molecular flexibility index (Phi) is 6.11. The fraction of sp³-hybridized carbons (Fsp3) is 0.417. The molecule has 1 atom stereocenters. The summed E-state index contributed by atoms with van der Waals surface area (Å²) in [6, 6.07) is 10.4. The van der Waals surface area contributed by atoms with Crippen LogP contribution in [0.1, 0.15) is 40.3 Å². The van der Waals surface area contributed by atoms with Gasteiger partial charge in [-0.15, -0.1) is 0 Å². The Morgan fingerprint density at radius 3 is 2.84 bits per heavy atom. The minimum Gasteiger partial charge on any atom is -0.447 e. The van der Waals surface area contributed by atoms with Crippen LogP contribution in [0.5, 0.6) is 0 Å². The first-order valence-electron chi connectivity index (χ1n) is 11.3. The smallest absolute Gasteiger partial charge is 0.273 e. The highest BCUT2D eigenvalue weighted by molar-refractivity contribution is 5.91. The van der Waals surface area contributed by atoms with Gasteiger partial charge in [0, 0.05) is 45.1 Å². The van der Waals surface area contributed by atoms with Crippen LogP contribution in [0.3, 0.4) is 0 Å². The lowest BCUT2D eigenvalue weighted by molar-refractivity contribution is 0.0940. The third-order valence-electron chi connectivity index (χ3n) is 6.26. The molecule has 0 bridgehead atoms. The first-order chi connectivity index (χ1) is 15.7. The number of hydrogen-bond acceptors (Lipinski definition) is 7. The average molecular weight is 433 g/mol. The van der Waals surface area contributed by atoms with E-state index in [0.29, 0.717) is 30.6 Å². The molecule has 1 saturated heterocycles. The van der Waals surface area contributed by atoms with Crippen molar-refractivity contribution >= 4 is 11.9 Å². The summed E-state index contributed by atoms with van der Waals surface area (Å²) in [5, 5.41) is 3.03. The zero-order valence-corrected chi connectivity index (χ0v) is 18.1. The lowest BCUT2D eigenvalue weighted by Crippen LogP contribution is -2.41. The van der Waals surface area contributed by atoms with Gasteiger partial charge in [-0.25, -0.2) is 15.0 Å². The van der Waals surface area contributed by atoms with E-state index in [2.05, 4.69) is 54.3 Å². The molecule has 3 aromatic rings. The molecular formula is C24H28N6O2. The van der Waals surface area contributed by atoms with Gasteiger partial charge < -0.3 is 14.6 Å². The number of oxazole rings is 1. The van der Waals surface area contributed by atoms with Crippen molar-refractivity contribution in [3.05, 3.63) is 71.7 Å². The Labute approximate surface area is 187 Å². The normalized spacial score (nSPS) is 18.9. The second-order valence-corrected chi connectivity index (χ2v) is 8.57. The van der Waals surface area contributed by atoms with Gasteiger partial charge in [0.2, 0.25) is 11.8 Å². The monoisotopic (exact) mass is 432 g/mol. The molecule has 32 heavy (non-hydrogen) atoms. The van der Waals surface area contributed by atoms with E-state index in [4.69, 9.17) is 4.42 Å². The number of fused-ring (bicyclic) bond motifs is 1. The number of amides is 1. The molecule has 0 aliphatic carbocycles. The van der Waals surface area contributed by atoms with Gasteiger partial charge in [-0.1, -0.05) is 24.3 Å². The zero-order chi connectivity index (χ0) is 21.8. The molecular weight excluding hydrogens is 404 g/mol. The third-order valence-corrected chi connectivity index (χ3v) is 6.26. The van der Waals surface area contributed by atoms with Crippen molar-refractivity contribution < 1.29 is 9.21 Å². The topological polar surface area (TPSA) is 87.4 Å². The molecule has 166 valence electrons. The van der Waals surface area contributed by atoms with Gasteiger partial charge in [-0.2, -0.15) is 0 Å². The highest BCUT2D eigenvalue weighted by atomic mass is 16.3. The Balaban J connectivity index is 1.12. The van der Waals surface area contributed by atoms with Crippen molar-refractivity contribution in [3.63, 3.8) is 0 Å². The molecule has 2 aliphatic heterocycles. The van der Waals surface area contributed by atoms with Crippen molar-refractivity contribution in [2.75, 3.05) is 31.1 Å². The second-order valence-electron chi connectivity index (χ2n) is 8.57. The predicted molar refractivity (Wildman–Crippen MR) is 120 cm³/mol. The first-order valence-corrected chi connectivity index (χ1v) is 11.3. The van der Waals surface area contributed by atoms with Crippen LogP contribution < -0.4 is 10.2 Å². The van der Waals surface area contributed by atoms with Crippen LogP contribution in [-0.2, 0) is 19.5 Å². The van der Waals surface area contributed by atoms with E-state index < -0.39 is 0 Å². The Morgan fingerprint density at radius 1 is 1.12 bits per heavy atom. The Hall–Kier alpha value is -3.26. The summed E-state index contributed by atoms with van der Waals surface area (Å²) in [5.74, 6) is 1.51. The van der Waals surface area contributed by atoms with E-state index in [0.717, 1.165) is 51.4 Å². The summed E-state index contributed by atoms with van der Waals surface area (Å²) < 4.78 is 5.60. The van der Waals surface area contributed by atoms with Crippen molar-refractivity contribution in [2.24, 2.45) is 5.92 Å². The summed E-state index contributed by atoms with van der Waals surface area (Å²) in [5.41, 5.74) is 3.11. The van der Waals surface area contributed by atoms with Gasteiger partial charge in [-0.05, 0) is 42.4 Å². The SMILES string of the molecule is O=C(NCC1CCCN(c2ncccn2)C1)c1coc(CN2CCc3ccccc3C2)n1. The number of anilines is 1. The quantitative estimate of drug-likeness (QED) is 0.641. The molecule has 1 unspecified atom stereocenters. The maximum Gasteiger partial charge on any atom is 0.273 e. The number of nitrogens with zero attached hydrogens (tertiary/aromatic N) is 5. The largest absolute Gasteiger partial charge is 0.447 e. The Bertz CT molecular complexity index is 1050.